The smallest absolute Gasteiger partial charge is 0.320 e. The van der Waals surface area contributed by atoms with Crippen molar-refractivity contribution < 1.29 is 20.1 Å². The minimum Gasteiger partial charge on any atom is -0.480 e. The predicted molar refractivity (Wildman–Crippen MR) is 74.3 cm³/mol. The number of nitrogens with one attached hydrogen (secondary N) is 1. The molecule has 0 bridgehead atoms. The SMILES string of the molecule is N[C@H](C[C@@](O)(CO)Cc1c[nH]c2ccccc12)C(=O)O. The first-order valence-corrected chi connectivity index (χ1v) is 6.32. The Bertz CT molecular complexity index is 610. The summed E-state index contributed by atoms with van der Waals surface area (Å²) in [6, 6.07) is 6.36. The van der Waals surface area contributed by atoms with E-state index < -0.39 is 24.2 Å². The van der Waals surface area contributed by atoms with E-state index in [9.17, 15) is 15.0 Å². The Hall–Kier alpha value is -1.89. The molecular weight excluding hydrogens is 260 g/mol. The first kappa shape index (κ1) is 14.5. The Morgan fingerprint density at radius 2 is 2.10 bits per heavy atom. The first-order valence-electron chi connectivity index (χ1n) is 6.32. The molecule has 0 amide bonds. The molecule has 6 heteroatoms. The van der Waals surface area contributed by atoms with Crippen LogP contribution in [0.5, 0.6) is 0 Å². The van der Waals surface area contributed by atoms with Gasteiger partial charge in [-0.1, -0.05) is 18.2 Å². The van der Waals surface area contributed by atoms with Gasteiger partial charge >= 0.3 is 5.97 Å². The molecule has 6 nitrogen and oxygen atoms in total. The predicted octanol–water partition coefficient (Wildman–Crippen LogP) is 0.236. The molecular formula is C14H18N2O4. The molecule has 0 aliphatic rings. The molecule has 2 aromatic rings. The van der Waals surface area contributed by atoms with Gasteiger partial charge in [0.15, 0.2) is 0 Å². The normalized spacial score (nSPS) is 15.9. The topological polar surface area (TPSA) is 120 Å². The van der Waals surface area contributed by atoms with Gasteiger partial charge in [-0.05, 0) is 11.6 Å². The number of hydrogen-bond acceptors (Lipinski definition) is 4. The highest BCUT2D eigenvalue weighted by Gasteiger charge is 2.32. The Balaban J connectivity index is 2.23. The second-order valence-corrected chi connectivity index (χ2v) is 5.07. The van der Waals surface area contributed by atoms with Crippen LogP contribution in [0.25, 0.3) is 10.9 Å². The number of aromatic amines is 1. The van der Waals surface area contributed by atoms with E-state index in [0.717, 1.165) is 16.5 Å². The third-order valence-electron chi connectivity index (χ3n) is 3.41. The number of nitrogens with two attached hydrogens (primary N) is 1. The Labute approximate surface area is 115 Å². The molecule has 0 aliphatic heterocycles. The van der Waals surface area contributed by atoms with Crippen molar-refractivity contribution in [3.63, 3.8) is 0 Å². The number of carboxylic acids is 1. The van der Waals surface area contributed by atoms with Crippen LogP contribution >= 0.6 is 0 Å². The van der Waals surface area contributed by atoms with Gasteiger partial charge in [-0.2, -0.15) is 0 Å². The van der Waals surface area contributed by atoms with Crippen molar-refractivity contribution in [2.75, 3.05) is 6.61 Å². The second-order valence-electron chi connectivity index (χ2n) is 5.07. The molecule has 0 aliphatic carbocycles. The van der Waals surface area contributed by atoms with E-state index in [2.05, 4.69) is 4.98 Å². The number of rotatable bonds is 6. The van der Waals surface area contributed by atoms with Crippen molar-refractivity contribution in [3.8, 4) is 0 Å². The molecule has 0 radical (unpaired) electrons. The van der Waals surface area contributed by atoms with Crippen molar-refractivity contribution in [2.24, 2.45) is 5.73 Å². The molecule has 108 valence electrons. The lowest BCUT2D eigenvalue weighted by atomic mass is 9.89. The van der Waals surface area contributed by atoms with Crippen molar-refractivity contribution in [3.05, 3.63) is 36.0 Å². The summed E-state index contributed by atoms with van der Waals surface area (Å²) in [5.74, 6) is -1.20. The van der Waals surface area contributed by atoms with Crippen LogP contribution in [0, 0.1) is 0 Å². The minimum absolute atomic E-state index is 0.133. The number of para-hydroxylation sites is 1. The third kappa shape index (κ3) is 2.98. The van der Waals surface area contributed by atoms with Crippen LogP contribution in [-0.2, 0) is 11.2 Å². The summed E-state index contributed by atoms with van der Waals surface area (Å²) in [4.78, 5) is 13.9. The number of aliphatic hydroxyl groups excluding tert-OH is 1. The lowest BCUT2D eigenvalue weighted by Gasteiger charge is -2.27. The van der Waals surface area contributed by atoms with Crippen molar-refractivity contribution >= 4 is 16.9 Å². The Kier molecular flexibility index (Phi) is 4.08. The fourth-order valence-electron chi connectivity index (χ4n) is 2.32. The number of carbonyl (C=O) groups is 1. The van der Waals surface area contributed by atoms with Gasteiger partial charge < -0.3 is 26.0 Å². The summed E-state index contributed by atoms with van der Waals surface area (Å²) < 4.78 is 0. The van der Waals surface area contributed by atoms with Crippen LogP contribution in [0.1, 0.15) is 12.0 Å². The van der Waals surface area contributed by atoms with Crippen LogP contribution in [0.3, 0.4) is 0 Å². The van der Waals surface area contributed by atoms with Gasteiger partial charge in [0.05, 0.1) is 12.2 Å². The molecule has 2 atom stereocenters. The van der Waals surface area contributed by atoms with E-state index in [1.165, 1.54) is 0 Å². The van der Waals surface area contributed by atoms with Gasteiger partial charge in [0, 0.05) is 29.9 Å². The molecule has 1 aromatic carbocycles. The van der Waals surface area contributed by atoms with Gasteiger partial charge in [-0.3, -0.25) is 4.79 Å². The molecule has 0 saturated carbocycles. The lowest BCUT2D eigenvalue weighted by Crippen LogP contribution is -2.45. The summed E-state index contributed by atoms with van der Waals surface area (Å²) >= 11 is 0. The standard InChI is InChI=1S/C14H18N2O4/c15-11(13(18)19)6-14(20,8-17)5-9-7-16-12-4-2-1-3-10(9)12/h1-4,7,11,16-17,20H,5-6,8,15H2,(H,18,19)/t11-,14-/m1/s1. The average molecular weight is 278 g/mol. The van der Waals surface area contributed by atoms with Crippen LogP contribution in [-0.4, -0.2) is 44.5 Å². The van der Waals surface area contributed by atoms with Gasteiger partial charge in [0.1, 0.15) is 6.04 Å². The molecule has 0 spiro atoms. The second kappa shape index (κ2) is 5.62. The number of fused-ring (bicyclic) bond motifs is 1. The molecule has 0 unspecified atom stereocenters. The fourth-order valence-corrected chi connectivity index (χ4v) is 2.32. The maximum Gasteiger partial charge on any atom is 0.320 e. The molecule has 2 rings (SSSR count). The number of hydrogen-bond donors (Lipinski definition) is 5. The number of aliphatic hydroxyl groups is 2. The van der Waals surface area contributed by atoms with Crippen LogP contribution in [0.4, 0.5) is 0 Å². The van der Waals surface area contributed by atoms with Gasteiger partial charge in [-0.15, -0.1) is 0 Å². The zero-order valence-corrected chi connectivity index (χ0v) is 10.9. The Morgan fingerprint density at radius 3 is 2.75 bits per heavy atom. The summed E-state index contributed by atoms with van der Waals surface area (Å²) in [5, 5.41) is 29.5. The zero-order chi connectivity index (χ0) is 14.8. The highest BCUT2D eigenvalue weighted by Crippen LogP contribution is 2.24. The van der Waals surface area contributed by atoms with Gasteiger partial charge in [-0.25, -0.2) is 0 Å². The highest BCUT2D eigenvalue weighted by atomic mass is 16.4. The van der Waals surface area contributed by atoms with E-state index in [4.69, 9.17) is 10.8 Å². The van der Waals surface area contributed by atoms with E-state index in [1.54, 1.807) is 6.20 Å². The van der Waals surface area contributed by atoms with E-state index in [0.29, 0.717) is 0 Å². The maximum absolute atomic E-state index is 10.8. The van der Waals surface area contributed by atoms with Crippen molar-refractivity contribution in [2.45, 2.75) is 24.5 Å². The monoisotopic (exact) mass is 278 g/mol. The van der Waals surface area contributed by atoms with E-state index >= 15 is 0 Å². The van der Waals surface area contributed by atoms with Gasteiger partial charge in [0.25, 0.3) is 0 Å². The molecule has 6 N–H and O–H groups in total. The average Bonchev–Trinajstić information content (AvgIpc) is 2.82. The van der Waals surface area contributed by atoms with Crippen LogP contribution in [0.15, 0.2) is 30.5 Å². The molecule has 1 heterocycles. The number of carboxylic acid groups (broad SMARTS) is 1. The largest absolute Gasteiger partial charge is 0.480 e. The fraction of sp³-hybridized carbons (Fsp3) is 0.357. The molecule has 1 aromatic heterocycles. The van der Waals surface area contributed by atoms with Crippen LogP contribution in [0.2, 0.25) is 0 Å². The number of aromatic nitrogens is 1. The minimum atomic E-state index is -1.55. The molecule has 20 heavy (non-hydrogen) atoms. The quantitative estimate of drug-likeness (QED) is 0.518. The molecule has 0 fully saturated rings. The lowest BCUT2D eigenvalue weighted by molar-refractivity contribution is -0.140. The van der Waals surface area contributed by atoms with E-state index in [1.807, 2.05) is 24.3 Å². The number of aliphatic carboxylic acids is 1. The van der Waals surface area contributed by atoms with Crippen LogP contribution < -0.4 is 5.73 Å². The van der Waals surface area contributed by atoms with Crippen molar-refractivity contribution in [1.82, 2.24) is 4.98 Å². The number of H-pyrrole nitrogens is 1. The zero-order valence-electron chi connectivity index (χ0n) is 10.9. The number of benzene rings is 1. The molecule has 0 saturated heterocycles. The van der Waals surface area contributed by atoms with Gasteiger partial charge in [0.2, 0.25) is 0 Å². The maximum atomic E-state index is 10.8. The Morgan fingerprint density at radius 1 is 1.40 bits per heavy atom. The summed E-state index contributed by atoms with van der Waals surface area (Å²) in [7, 11) is 0. The highest BCUT2D eigenvalue weighted by molar-refractivity contribution is 5.83. The van der Waals surface area contributed by atoms with Crippen molar-refractivity contribution in [1.29, 1.82) is 0 Å². The van der Waals surface area contributed by atoms with E-state index in [-0.39, 0.29) is 12.8 Å². The summed E-state index contributed by atoms with van der Waals surface area (Å²) in [5.41, 5.74) is 5.62. The summed E-state index contributed by atoms with van der Waals surface area (Å²) in [6.45, 7) is -0.548. The first-order chi connectivity index (χ1) is 9.45. The summed E-state index contributed by atoms with van der Waals surface area (Å²) in [6.07, 6.45) is 1.67. The third-order valence-corrected chi connectivity index (χ3v) is 3.41.